The van der Waals surface area contributed by atoms with Crippen LogP contribution >= 0.6 is 23.2 Å². The molecule has 0 aliphatic rings. The van der Waals surface area contributed by atoms with Gasteiger partial charge in [-0.1, -0.05) is 23.2 Å². The van der Waals surface area contributed by atoms with Gasteiger partial charge in [-0.15, -0.1) is 0 Å². The number of hydrogen-bond donors (Lipinski definition) is 1. The zero-order valence-corrected chi connectivity index (χ0v) is 6.16. The number of rotatable bonds is 1. The van der Waals surface area contributed by atoms with Crippen molar-refractivity contribution in [1.29, 1.82) is 0 Å². The highest BCUT2D eigenvalue weighted by atomic mass is 35.5. The molecule has 0 aromatic carbocycles. The number of halogens is 2. The van der Waals surface area contributed by atoms with Gasteiger partial charge in [0.15, 0.2) is 4.84 Å². The van der Waals surface area contributed by atoms with Gasteiger partial charge in [0.25, 0.3) is 5.91 Å². The quantitative estimate of drug-likeness (QED) is 0.580. The Hall–Kier alpha value is -0.280. The van der Waals surface area contributed by atoms with Crippen molar-refractivity contribution in [2.45, 2.75) is 11.8 Å². The first-order valence-electron chi connectivity index (χ1n) is 2.13. The lowest BCUT2D eigenvalue weighted by atomic mass is 10.6. The maximum atomic E-state index is 10.4. The molecule has 0 fully saturated rings. The summed E-state index contributed by atoms with van der Waals surface area (Å²) in [6.07, 6.45) is 0. The van der Waals surface area contributed by atoms with Gasteiger partial charge in [0.2, 0.25) is 5.91 Å². The highest BCUT2D eigenvalue weighted by Gasteiger charge is 2.11. The minimum absolute atomic E-state index is 0.466. The van der Waals surface area contributed by atoms with Crippen molar-refractivity contribution in [2.75, 3.05) is 0 Å². The fourth-order valence-electron chi connectivity index (χ4n) is 0.228. The molecule has 52 valence electrons. The minimum Gasteiger partial charge on any atom is -0.294 e. The maximum absolute atomic E-state index is 10.4. The maximum Gasteiger partial charge on any atom is 0.259 e. The van der Waals surface area contributed by atoms with Crippen LogP contribution in [0.25, 0.3) is 0 Å². The Kier molecular flexibility index (Phi) is 3.58. The van der Waals surface area contributed by atoms with Crippen LogP contribution in [0.5, 0.6) is 0 Å². The standard InChI is InChI=1S/C4H5Cl2NO2/c1-2(8)7-4(9)3(5)6/h3H,1H3,(H,7,8,9). The van der Waals surface area contributed by atoms with Crippen molar-refractivity contribution in [1.82, 2.24) is 5.32 Å². The highest BCUT2D eigenvalue weighted by molar-refractivity contribution is 6.53. The van der Waals surface area contributed by atoms with E-state index in [9.17, 15) is 9.59 Å². The summed E-state index contributed by atoms with van der Waals surface area (Å²) in [4.78, 5) is 19.3. The molecule has 5 heteroatoms. The SMILES string of the molecule is CC(=O)NC(=O)C(Cl)Cl. The fourth-order valence-corrected chi connectivity index (χ4v) is 0.337. The summed E-state index contributed by atoms with van der Waals surface area (Å²) in [5.41, 5.74) is 0. The van der Waals surface area contributed by atoms with Crippen LogP contribution in [0.3, 0.4) is 0 Å². The average Bonchev–Trinajstić information content (AvgIpc) is 1.63. The van der Waals surface area contributed by atoms with Gasteiger partial charge in [0, 0.05) is 6.92 Å². The van der Waals surface area contributed by atoms with Gasteiger partial charge in [0.05, 0.1) is 0 Å². The van der Waals surface area contributed by atoms with Crippen LogP contribution in [0.4, 0.5) is 0 Å². The predicted molar refractivity (Wildman–Crippen MR) is 34.3 cm³/mol. The summed E-state index contributed by atoms with van der Waals surface area (Å²) in [7, 11) is 0. The third-order valence-electron chi connectivity index (χ3n) is 0.497. The zero-order chi connectivity index (χ0) is 7.44. The molecule has 0 unspecified atom stereocenters. The van der Waals surface area contributed by atoms with E-state index in [1.165, 1.54) is 6.92 Å². The first-order valence-corrected chi connectivity index (χ1v) is 3.01. The van der Waals surface area contributed by atoms with Crippen molar-refractivity contribution in [3.63, 3.8) is 0 Å². The molecule has 3 nitrogen and oxygen atoms in total. The number of carbonyl (C=O) groups is 2. The van der Waals surface area contributed by atoms with E-state index in [4.69, 9.17) is 23.2 Å². The molecule has 0 aliphatic heterocycles. The zero-order valence-electron chi connectivity index (χ0n) is 4.65. The van der Waals surface area contributed by atoms with E-state index >= 15 is 0 Å². The summed E-state index contributed by atoms with van der Waals surface area (Å²) >= 11 is 10.1. The average molecular weight is 170 g/mol. The summed E-state index contributed by atoms with van der Waals surface area (Å²) < 4.78 is 0. The van der Waals surface area contributed by atoms with Crippen LogP contribution < -0.4 is 5.32 Å². The molecule has 0 saturated heterocycles. The van der Waals surface area contributed by atoms with E-state index in [-0.39, 0.29) is 0 Å². The van der Waals surface area contributed by atoms with Gasteiger partial charge in [-0.2, -0.15) is 0 Å². The van der Waals surface area contributed by atoms with E-state index in [1.54, 1.807) is 0 Å². The molecule has 0 atom stereocenters. The van der Waals surface area contributed by atoms with Crippen LogP contribution in [0.2, 0.25) is 0 Å². The van der Waals surface area contributed by atoms with Crippen LogP contribution in [0.1, 0.15) is 6.92 Å². The van der Waals surface area contributed by atoms with Crippen molar-refractivity contribution >= 4 is 35.0 Å². The Morgan fingerprint density at radius 1 is 1.44 bits per heavy atom. The van der Waals surface area contributed by atoms with Gasteiger partial charge in [0.1, 0.15) is 0 Å². The lowest BCUT2D eigenvalue weighted by Gasteiger charge is -1.97. The molecule has 0 aromatic rings. The molecule has 0 bridgehead atoms. The number of alkyl halides is 2. The summed E-state index contributed by atoms with van der Waals surface area (Å²) in [5, 5.41) is 1.90. The Labute approximate surface area is 62.3 Å². The second kappa shape index (κ2) is 3.69. The fraction of sp³-hybridized carbons (Fsp3) is 0.500. The van der Waals surface area contributed by atoms with E-state index in [2.05, 4.69) is 0 Å². The lowest BCUT2D eigenvalue weighted by molar-refractivity contribution is -0.128. The molecule has 1 N–H and O–H groups in total. The third kappa shape index (κ3) is 4.24. The number of hydrogen-bond acceptors (Lipinski definition) is 2. The van der Waals surface area contributed by atoms with Gasteiger partial charge in [-0.3, -0.25) is 14.9 Å². The number of imide groups is 1. The van der Waals surface area contributed by atoms with Crippen LogP contribution in [-0.4, -0.2) is 16.7 Å². The summed E-state index contributed by atoms with van der Waals surface area (Å²) in [6.45, 7) is 1.20. The molecule has 0 aromatic heterocycles. The smallest absolute Gasteiger partial charge is 0.259 e. The molecule has 0 spiro atoms. The molecular formula is C4H5Cl2NO2. The van der Waals surface area contributed by atoms with Gasteiger partial charge in [-0.25, -0.2) is 0 Å². The Balaban J connectivity index is 3.64. The lowest BCUT2D eigenvalue weighted by Crippen LogP contribution is -2.32. The molecule has 0 radical (unpaired) electrons. The Morgan fingerprint density at radius 2 is 1.89 bits per heavy atom. The Bertz CT molecular complexity index is 135. The molecular weight excluding hydrogens is 165 g/mol. The van der Waals surface area contributed by atoms with Crippen molar-refractivity contribution in [3.05, 3.63) is 0 Å². The van der Waals surface area contributed by atoms with Crippen molar-refractivity contribution in [3.8, 4) is 0 Å². The normalized spacial score (nSPS) is 9.33. The van der Waals surface area contributed by atoms with E-state index < -0.39 is 16.7 Å². The largest absolute Gasteiger partial charge is 0.294 e. The van der Waals surface area contributed by atoms with Gasteiger partial charge in [-0.05, 0) is 0 Å². The summed E-state index contributed by atoms with van der Waals surface area (Å²) in [5.74, 6) is -1.16. The third-order valence-corrected chi connectivity index (χ3v) is 0.894. The van der Waals surface area contributed by atoms with Crippen molar-refractivity contribution < 1.29 is 9.59 Å². The first kappa shape index (κ1) is 8.72. The molecule has 0 heterocycles. The van der Waals surface area contributed by atoms with Crippen LogP contribution in [0.15, 0.2) is 0 Å². The number of nitrogens with one attached hydrogen (secondary N) is 1. The molecule has 0 saturated carbocycles. The Morgan fingerprint density at radius 3 is 2.00 bits per heavy atom. The minimum atomic E-state index is -1.17. The molecule has 9 heavy (non-hydrogen) atoms. The number of carbonyl (C=O) groups excluding carboxylic acids is 2. The monoisotopic (exact) mass is 169 g/mol. The summed E-state index contributed by atoms with van der Waals surface area (Å²) in [6, 6.07) is 0. The van der Waals surface area contributed by atoms with E-state index in [0.29, 0.717) is 0 Å². The van der Waals surface area contributed by atoms with Crippen LogP contribution in [-0.2, 0) is 9.59 Å². The van der Waals surface area contributed by atoms with E-state index in [0.717, 1.165) is 0 Å². The van der Waals surface area contributed by atoms with Gasteiger partial charge < -0.3 is 0 Å². The predicted octanol–water partition coefficient (Wildman–Crippen LogP) is 0.453. The second-order valence-corrected chi connectivity index (χ2v) is 2.44. The molecule has 0 rings (SSSR count). The van der Waals surface area contributed by atoms with Crippen LogP contribution in [0, 0.1) is 0 Å². The highest BCUT2D eigenvalue weighted by Crippen LogP contribution is 1.99. The molecule has 2 amide bonds. The van der Waals surface area contributed by atoms with Crippen molar-refractivity contribution in [2.24, 2.45) is 0 Å². The topological polar surface area (TPSA) is 46.2 Å². The second-order valence-electron chi connectivity index (χ2n) is 1.35. The first-order chi connectivity index (χ1) is 4.04. The van der Waals surface area contributed by atoms with E-state index in [1.807, 2.05) is 5.32 Å². The number of amides is 2. The molecule has 0 aliphatic carbocycles. The van der Waals surface area contributed by atoms with Gasteiger partial charge >= 0.3 is 0 Å².